The Labute approximate surface area is 125 Å². The van der Waals surface area contributed by atoms with Crippen molar-refractivity contribution in [1.82, 2.24) is 0 Å². The van der Waals surface area contributed by atoms with E-state index in [4.69, 9.17) is 4.74 Å². The Kier molecular flexibility index (Phi) is 4.82. The average Bonchev–Trinajstić information content (AvgIpc) is 2.49. The Hall–Kier alpha value is -2.49. The van der Waals surface area contributed by atoms with Gasteiger partial charge in [0.05, 0.1) is 12.2 Å². The maximum Gasteiger partial charge on any atom is 0.257 e. The van der Waals surface area contributed by atoms with Crippen LogP contribution in [0.5, 0.6) is 5.75 Å². The molecule has 2 N–H and O–H groups in total. The Morgan fingerprint density at radius 1 is 1.14 bits per heavy atom. The van der Waals surface area contributed by atoms with Gasteiger partial charge in [0.1, 0.15) is 5.75 Å². The lowest BCUT2D eigenvalue weighted by Gasteiger charge is -2.11. The normalized spacial score (nSPS) is 10.0. The van der Waals surface area contributed by atoms with Crippen LogP contribution in [-0.2, 0) is 0 Å². The zero-order chi connectivity index (χ0) is 15.2. The molecule has 0 saturated carbocycles. The van der Waals surface area contributed by atoms with Crippen molar-refractivity contribution in [2.24, 2.45) is 0 Å². The van der Waals surface area contributed by atoms with Gasteiger partial charge in [-0.3, -0.25) is 4.79 Å². The van der Waals surface area contributed by atoms with Crippen LogP contribution < -0.4 is 15.4 Å². The summed E-state index contributed by atoms with van der Waals surface area (Å²) in [5.41, 5.74) is 3.29. The first-order valence-corrected chi connectivity index (χ1v) is 6.96. The smallest absolute Gasteiger partial charge is 0.257 e. The summed E-state index contributed by atoms with van der Waals surface area (Å²) in [5.74, 6) is 0.658. The number of amides is 1. The predicted molar refractivity (Wildman–Crippen MR) is 86.3 cm³/mol. The fourth-order valence-corrected chi connectivity index (χ4v) is 2.06. The summed E-state index contributed by atoms with van der Waals surface area (Å²) in [7, 11) is 1.81. The molecule has 0 spiro atoms. The second-order valence-electron chi connectivity index (χ2n) is 4.71. The lowest BCUT2D eigenvalue weighted by molar-refractivity contribution is 0.102. The Morgan fingerprint density at radius 3 is 2.48 bits per heavy atom. The molecular weight excluding hydrogens is 264 g/mol. The third-order valence-corrected chi connectivity index (χ3v) is 3.11. The van der Waals surface area contributed by atoms with Crippen LogP contribution in [0.25, 0.3) is 0 Å². The standard InChI is InChI=1S/C17H20N2O2/c1-4-21-14-8-6-13(7-9-14)19-17(20)15-10-5-12(2)11-16(15)18-3/h5-11,18H,4H2,1-3H3,(H,19,20). The summed E-state index contributed by atoms with van der Waals surface area (Å²) in [4.78, 5) is 12.3. The summed E-state index contributed by atoms with van der Waals surface area (Å²) in [6.45, 7) is 4.56. The number of anilines is 2. The van der Waals surface area contributed by atoms with Gasteiger partial charge in [0.2, 0.25) is 0 Å². The molecule has 0 aromatic heterocycles. The predicted octanol–water partition coefficient (Wildman–Crippen LogP) is 3.69. The number of nitrogens with one attached hydrogen (secondary N) is 2. The number of hydrogen-bond donors (Lipinski definition) is 2. The average molecular weight is 284 g/mol. The van der Waals surface area contributed by atoms with Gasteiger partial charge in [-0.1, -0.05) is 6.07 Å². The summed E-state index contributed by atoms with van der Waals surface area (Å²) >= 11 is 0. The molecule has 0 fully saturated rings. The molecule has 4 heteroatoms. The van der Waals surface area contributed by atoms with Gasteiger partial charge in [0, 0.05) is 18.4 Å². The van der Waals surface area contributed by atoms with Gasteiger partial charge in [-0.25, -0.2) is 0 Å². The van der Waals surface area contributed by atoms with Crippen molar-refractivity contribution < 1.29 is 9.53 Å². The minimum atomic E-state index is -0.136. The highest BCUT2D eigenvalue weighted by atomic mass is 16.5. The fourth-order valence-electron chi connectivity index (χ4n) is 2.06. The van der Waals surface area contributed by atoms with Crippen molar-refractivity contribution in [2.75, 3.05) is 24.3 Å². The van der Waals surface area contributed by atoms with Crippen molar-refractivity contribution >= 4 is 17.3 Å². The first kappa shape index (κ1) is 14.9. The molecule has 0 atom stereocenters. The second-order valence-corrected chi connectivity index (χ2v) is 4.71. The molecule has 0 aliphatic heterocycles. The molecule has 110 valence electrons. The van der Waals surface area contributed by atoms with Gasteiger partial charge < -0.3 is 15.4 Å². The first-order chi connectivity index (χ1) is 10.1. The maximum atomic E-state index is 12.3. The minimum Gasteiger partial charge on any atom is -0.494 e. The highest BCUT2D eigenvalue weighted by Crippen LogP contribution is 2.20. The SMILES string of the molecule is CCOc1ccc(NC(=O)c2ccc(C)cc2NC)cc1. The quantitative estimate of drug-likeness (QED) is 0.880. The zero-order valence-corrected chi connectivity index (χ0v) is 12.6. The number of benzene rings is 2. The lowest BCUT2D eigenvalue weighted by atomic mass is 10.1. The van der Waals surface area contributed by atoms with Crippen molar-refractivity contribution in [1.29, 1.82) is 0 Å². The number of hydrogen-bond acceptors (Lipinski definition) is 3. The highest BCUT2D eigenvalue weighted by molar-refractivity contribution is 6.08. The van der Waals surface area contributed by atoms with Crippen molar-refractivity contribution in [3.8, 4) is 5.75 Å². The zero-order valence-electron chi connectivity index (χ0n) is 12.6. The topological polar surface area (TPSA) is 50.4 Å². The van der Waals surface area contributed by atoms with Crippen LogP contribution in [0, 0.1) is 6.92 Å². The molecule has 2 aromatic carbocycles. The van der Waals surface area contributed by atoms with Crippen molar-refractivity contribution in [3.05, 3.63) is 53.6 Å². The number of carbonyl (C=O) groups is 1. The fraction of sp³-hybridized carbons (Fsp3) is 0.235. The summed E-state index contributed by atoms with van der Waals surface area (Å²) < 4.78 is 5.38. The molecule has 0 radical (unpaired) electrons. The van der Waals surface area contributed by atoms with E-state index in [0.29, 0.717) is 12.2 Å². The minimum absolute atomic E-state index is 0.136. The summed E-state index contributed by atoms with van der Waals surface area (Å²) in [5, 5.41) is 5.94. The van der Waals surface area contributed by atoms with E-state index >= 15 is 0 Å². The number of aryl methyl sites for hydroxylation is 1. The van der Waals surface area contributed by atoms with E-state index in [-0.39, 0.29) is 5.91 Å². The molecule has 0 aliphatic rings. The van der Waals surface area contributed by atoms with Gasteiger partial charge in [-0.2, -0.15) is 0 Å². The molecule has 0 bridgehead atoms. The third-order valence-electron chi connectivity index (χ3n) is 3.11. The van der Waals surface area contributed by atoms with Crippen molar-refractivity contribution in [2.45, 2.75) is 13.8 Å². The monoisotopic (exact) mass is 284 g/mol. The van der Waals surface area contributed by atoms with Crippen molar-refractivity contribution in [3.63, 3.8) is 0 Å². The van der Waals surface area contributed by atoms with E-state index in [1.165, 1.54) is 0 Å². The first-order valence-electron chi connectivity index (χ1n) is 6.96. The molecule has 0 unspecified atom stereocenters. The van der Waals surface area contributed by atoms with Crippen LogP contribution in [0.1, 0.15) is 22.8 Å². The number of rotatable bonds is 5. The lowest BCUT2D eigenvalue weighted by Crippen LogP contribution is -2.14. The maximum absolute atomic E-state index is 12.3. The Bertz CT molecular complexity index is 621. The molecule has 2 aromatic rings. The van der Waals surface area contributed by atoms with Crippen LogP contribution in [0.15, 0.2) is 42.5 Å². The van der Waals surface area contributed by atoms with E-state index in [0.717, 1.165) is 22.7 Å². The summed E-state index contributed by atoms with van der Waals surface area (Å²) in [6, 6.07) is 13.0. The molecule has 4 nitrogen and oxygen atoms in total. The van der Waals surface area contributed by atoms with Crippen LogP contribution in [0.2, 0.25) is 0 Å². The summed E-state index contributed by atoms with van der Waals surface area (Å²) in [6.07, 6.45) is 0. The third kappa shape index (κ3) is 3.75. The largest absolute Gasteiger partial charge is 0.494 e. The number of ether oxygens (including phenoxy) is 1. The molecular formula is C17H20N2O2. The van der Waals surface area contributed by atoms with Gasteiger partial charge in [-0.05, 0) is 55.8 Å². The Morgan fingerprint density at radius 2 is 1.86 bits per heavy atom. The second kappa shape index (κ2) is 6.79. The van der Waals surface area contributed by atoms with Gasteiger partial charge in [-0.15, -0.1) is 0 Å². The van der Waals surface area contributed by atoms with Crippen LogP contribution in [0.4, 0.5) is 11.4 Å². The van der Waals surface area contributed by atoms with Crippen LogP contribution in [-0.4, -0.2) is 19.6 Å². The molecule has 1 amide bonds. The van der Waals surface area contributed by atoms with E-state index < -0.39 is 0 Å². The van der Waals surface area contributed by atoms with E-state index in [1.807, 2.05) is 63.4 Å². The van der Waals surface area contributed by atoms with E-state index in [9.17, 15) is 4.79 Å². The van der Waals surface area contributed by atoms with E-state index in [2.05, 4.69) is 10.6 Å². The molecule has 0 saturated heterocycles. The molecule has 21 heavy (non-hydrogen) atoms. The molecule has 0 aliphatic carbocycles. The van der Waals surface area contributed by atoms with E-state index in [1.54, 1.807) is 0 Å². The number of carbonyl (C=O) groups excluding carboxylic acids is 1. The van der Waals surface area contributed by atoms with Crippen LogP contribution in [0.3, 0.4) is 0 Å². The molecule has 2 rings (SSSR count). The molecule has 0 heterocycles. The Balaban J connectivity index is 2.14. The van der Waals surface area contributed by atoms with Gasteiger partial charge in [0.15, 0.2) is 0 Å². The van der Waals surface area contributed by atoms with Crippen LogP contribution >= 0.6 is 0 Å². The highest BCUT2D eigenvalue weighted by Gasteiger charge is 2.11. The van der Waals surface area contributed by atoms with Gasteiger partial charge in [0.25, 0.3) is 5.91 Å². The van der Waals surface area contributed by atoms with Gasteiger partial charge >= 0.3 is 0 Å².